The number of nitrogens with one attached hydrogen (secondary N) is 2. The summed E-state index contributed by atoms with van der Waals surface area (Å²) in [5, 5.41) is 0. The summed E-state index contributed by atoms with van der Waals surface area (Å²) in [6.07, 6.45) is 6.06. The van der Waals surface area contributed by atoms with Crippen LogP contribution in [0.4, 0.5) is 0 Å². The van der Waals surface area contributed by atoms with E-state index in [0.29, 0.717) is 5.92 Å². The smallest absolute Gasteiger partial charge is 0.0722 e. The van der Waals surface area contributed by atoms with E-state index in [1.165, 1.54) is 61.3 Å². The van der Waals surface area contributed by atoms with Crippen molar-refractivity contribution in [1.82, 2.24) is 19.9 Å². The minimum absolute atomic E-state index is 0.395. The maximum atomic E-state index is 5.25. The van der Waals surface area contributed by atoms with Crippen LogP contribution < -0.4 is 0 Å². The number of H-pyrrole nitrogens is 2. The average Bonchev–Trinajstić information content (AvgIpc) is 3.57. The van der Waals surface area contributed by atoms with E-state index in [9.17, 15) is 0 Å². The number of hydrogen-bond donors (Lipinski definition) is 2. The zero-order valence-electron chi connectivity index (χ0n) is 23.0. The van der Waals surface area contributed by atoms with Crippen LogP contribution in [0.1, 0.15) is 105 Å². The zero-order chi connectivity index (χ0) is 25.6. The van der Waals surface area contributed by atoms with E-state index in [2.05, 4.69) is 82.7 Å². The highest BCUT2D eigenvalue weighted by Crippen LogP contribution is 2.37. The number of aromatic amines is 2. The lowest BCUT2D eigenvalue weighted by Gasteiger charge is -2.07. The predicted octanol–water partition coefficient (Wildman–Crippen LogP) is 8.39. The van der Waals surface area contributed by atoms with Crippen LogP contribution in [0.5, 0.6) is 0 Å². The van der Waals surface area contributed by atoms with E-state index in [4.69, 9.17) is 9.97 Å². The van der Waals surface area contributed by atoms with Crippen LogP contribution in [0.2, 0.25) is 0 Å². The summed E-state index contributed by atoms with van der Waals surface area (Å²) in [5.74, 6) is 0.395. The Labute approximate surface area is 215 Å². The van der Waals surface area contributed by atoms with Crippen molar-refractivity contribution >= 4 is 33.2 Å². The van der Waals surface area contributed by atoms with Gasteiger partial charge in [-0.1, -0.05) is 41.0 Å². The van der Waals surface area contributed by atoms with Crippen LogP contribution in [0.25, 0.3) is 33.2 Å². The van der Waals surface area contributed by atoms with E-state index in [-0.39, 0.29) is 0 Å². The number of allylic oxidation sites excluding steroid dienone is 2. The van der Waals surface area contributed by atoms with Crippen molar-refractivity contribution in [3.63, 3.8) is 0 Å². The number of fused-ring (bicyclic) bond motifs is 8. The molecule has 5 rings (SSSR count). The Kier molecular flexibility index (Phi) is 6.63. The third-order valence-electron chi connectivity index (χ3n) is 8.12. The molecule has 4 heteroatoms. The van der Waals surface area contributed by atoms with Gasteiger partial charge in [0.05, 0.1) is 11.4 Å². The first-order valence-corrected chi connectivity index (χ1v) is 13.8. The van der Waals surface area contributed by atoms with Gasteiger partial charge < -0.3 is 9.97 Å². The SMILES string of the molecule is CCCc1c(C)c2cc3nc(c(CC)c4nc(cc5[nH]c(cc5CC)cc1[nH]2)C(C)=C4CC)CC3C. The fraction of sp³-hybridized carbons (Fsp3) is 0.438. The quantitative estimate of drug-likeness (QED) is 0.385. The Morgan fingerprint density at radius 1 is 0.833 bits per heavy atom. The molecule has 0 saturated heterocycles. The van der Waals surface area contributed by atoms with E-state index in [0.717, 1.165) is 55.4 Å². The van der Waals surface area contributed by atoms with Gasteiger partial charge in [0.1, 0.15) is 0 Å². The second-order valence-electron chi connectivity index (χ2n) is 10.5. The van der Waals surface area contributed by atoms with Crippen molar-refractivity contribution in [3.05, 3.63) is 69.3 Å². The molecule has 0 saturated carbocycles. The Morgan fingerprint density at radius 2 is 1.64 bits per heavy atom. The third kappa shape index (κ3) is 4.11. The largest absolute Gasteiger partial charge is 0.355 e. The molecule has 5 heterocycles. The van der Waals surface area contributed by atoms with Crippen LogP contribution in [-0.4, -0.2) is 19.9 Å². The van der Waals surface area contributed by atoms with Crippen molar-refractivity contribution in [2.75, 3.05) is 0 Å². The lowest BCUT2D eigenvalue weighted by atomic mass is 9.96. The molecule has 2 N–H and O–H groups in total. The van der Waals surface area contributed by atoms with Gasteiger partial charge in [-0.05, 0) is 104 Å². The van der Waals surface area contributed by atoms with E-state index in [1.54, 1.807) is 0 Å². The molecule has 2 aliphatic heterocycles. The summed E-state index contributed by atoms with van der Waals surface area (Å²) in [4.78, 5) is 18.0. The van der Waals surface area contributed by atoms with E-state index >= 15 is 0 Å². The molecule has 8 bridgehead atoms. The molecule has 0 aromatic carbocycles. The standard InChI is InChI=1S/C32H40N4/c1-8-12-25-20(7)27-16-26-18(5)13-30(34-26)24(11-4)32-23(10-3)19(6)28(36-32)17-29-21(9-2)14-22(33-29)15-31(25)35-27/h14-18,33,35H,8-13H2,1-7H3. The van der Waals surface area contributed by atoms with Gasteiger partial charge in [0.15, 0.2) is 0 Å². The third-order valence-corrected chi connectivity index (χ3v) is 8.12. The molecule has 3 aromatic rings. The summed E-state index contributed by atoms with van der Waals surface area (Å²) in [5.41, 5.74) is 17.4. The molecule has 1 unspecified atom stereocenters. The Balaban J connectivity index is 1.96. The fourth-order valence-electron chi connectivity index (χ4n) is 6.00. The van der Waals surface area contributed by atoms with Crippen LogP contribution in [0, 0.1) is 6.92 Å². The minimum Gasteiger partial charge on any atom is -0.355 e. The van der Waals surface area contributed by atoms with Gasteiger partial charge in [-0.25, -0.2) is 4.98 Å². The summed E-state index contributed by atoms with van der Waals surface area (Å²) >= 11 is 0. The van der Waals surface area contributed by atoms with Crippen molar-refractivity contribution in [2.24, 2.45) is 0 Å². The van der Waals surface area contributed by atoms with Gasteiger partial charge in [-0.3, -0.25) is 4.98 Å². The van der Waals surface area contributed by atoms with Crippen molar-refractivity contribution < 1.29 is 0 Å². The number of rotatable bonds is 5. The lowest BCUT2D eigenvalue weighted by Crippen LogP contribution is -1.97. The zero-order valence-corrected chi connectivity index (χ0v) is 23.0. The van der Waals surface area contributed by atoms with E-state index < -0.39 is 0 Å². The first-order chi connectivity index (χ1) is 17.4. The molecule has 0 spiro atoms. The van der Waals surface area contributed by atoms with Gasteiger partial charge >= 0.3 is 0 Å². The van der Waals surface area contributed by atoms with E-state index in [1.807, 2.05) is 0 Å². The highest BCUT2D eigenvalue weighted by atomic mass is 14.8. The van der Waals surface area contributed by atoms with Crippen molar-refractivity contribution in [2.45, 2.75) is 92.9 Å². The van der Waals surface area contributed by atoms with Crippen molar-refractivity contribution in [3.8, 4) is 0 Å². The topological polar surface area (TPSA) is 57.4 Å². The molecule has 0 aliphatic carbocycles. The maximum absolute atomic E-state index is 5.25. The first kappa shape index (κ1) is 24.5. The average molecular weight is 481 g/mol. The summed E-state index contributed by atoms with van der Waals surface area (Å²) in [6.45, 7) is 15.8. The maximum Gasteiger partial charge on any atom is 0.0722 e. The molecule has 188 valence electrons. The first-order valence-electron chi connectivity index (χ1n) is 13.8. The second-order valence-corrected chi connectivity index (χ2v) is 10.5. The van der Waals surface area contributed by atoms with Gasteiger partial charge in [0, 0.05) is 39.4 Å². The summed E-state index contributed by atoms with van der Waals surface area (Å²) in [6, 6.07) is 9.14. The molecule has 0 amide bonds. The number of aromatic nitrogens is 4. The molecular weight excluding hydrogens is 440 g/mol. The monoisotopic (exact) mass is 480 g/mol. The van der Waals surface area contributed by atoms with Gasteiger partial charge in [0.25, 0.3) is 0 Å². The normalized spacial score (nSPS) is 15.7. The number of hydrogen-bond acceptors (Lipinski definition) is 2. The number of nitrogens with zero attached hydrogens (tertiary/aromatic N) is 2. The molecule has 3 aromatic heterocycles. The van der Waals surface area contributed by atoms with Gasteiger partial charge in [0.2, 0.25) is 0 Å². The molecule has 36 heavy (non-hydrogen) atoms. The highest BCUT2D eigenvalue weighted by molar-refractivity contribution is 5.93. The molecule has 0 fully saturated rings. The minimum atomic E-state index is 0.395. The molecular formula is C32H40N4. The number of aryl methyl sites for hydroxylation is 3. The van der Waals surface area contributed by atoms with Crippen LogP contribution in [0.15, 0.2) is 24.3 Å². The molecule has 0 radical (unpaired) electrons. The predicted molar refractivity (Wildman–Crippen MR) is 153 cm³/mol. The second kappa shape index (κ2) is 9.72. The van der Waals surface area contributed by atoms with Crippen LogP contribution in [-0.2, 0) is 25.7 Å². The van der Waals surface area contributed by atoms with Crippen molar-refractivity contribution in [1.29, 1.82) is 0 Å². The molecule has 4 nitrogen and oxygen atoms in total. The fourth-order valence-corrected chi connectivity index (χ4v) is 6.00. The summed E-state index contributed by atoms with van der Waals surface area (Å²) in [7, 11) is 0. The Morgan fingerprint density at radius 3 is 2.33 bits per heavy atom. The Bertz CT molecular complexity index is 1510. The summed E-state index contributed by atoms with van der Waals surface area (Å²) < 4.78 is 0. The highest BCUT2D eigenvalue weighted by Gasteiger charge is 2.24. The molecule has 2 aliphatic rings. The molecule has 1 atom stereocenters. The van der Waals surface area contributed by atoms with Gasteiger partial charge in [-0.2, -0.15) is 0 Å². The Hall–Kier alpha value is -3.14. The van der Waals surface area contributed by atoms with Crippen LogP contribution >= 0.6 is 0 Å². The lowest BCUT2D eigenvalue weighted by molar-refractivity contribution is 0.790. The van der Waals surface area contributed by atoms with Gasteiger partial charge in [-0.15, -0.1) is 0 Å². The van der Waals surface area contributed by atoms with Crippen LogP contribution in [0.3, 0.4) is 0 Å².